The fraction of sp³-hybridized carbons (Fsp3) is 0.611. The highest BCUT2D eigenvalue weighted by atomic mass is 127. The van der Waals surface area contributed by atoms with Gasteiger partial charge in [0.15, 0.2) is 5.96 Å². The van der Waals surface area contributed by atoms with Crippen molar-refractivity contribution in [3.63, 3.8) is 0 Å². The third-order valence-corrected chi connectivity index (χ3v) is 3.80. The molecule has 1 aromatic carbocycles. The molecule has 0 radical (unpaired) electrons. The third-order valence-electron chi connectivity index (χ3n) is 3.80. The molecule has 0 spiro atoms. The number of likely N-dealkylation sites (N-methyl/N-ethyl adjacent to an activating group) is 1. The second kappa shape index (κ2) is 14.3. The van der Waals surface area contributed by atoms with E-state index in [1.165, 1.54) is 12.0 Å². The molecule has 0 aliphatic carbocycles. The summed E-state index contributed by atoms with van der Waals surface area (Å²) < 4.78 is 5.17. The molecule has 5 nitrogen and oxygen atoms in total. The summed E-state index contributed by atoms with van der Waals surface area (Å²) >= 11 is 0. The Balaban J connectivity index is 0.00000529. The van der Waals surface area contributed by atoms with Gasteiger partial charge < -0.3 is 20.3 Å². The van der Waals surface area contributed by atoms with E-state index in [0.717, 1.165) is 50.9 Å². The molecule has 0 amide bonds. The van der Waals surface area contributed by atoms with Gasteiger partial charge in [0, 0.05) is 26.7 Å². The van der Waals surface area contributed by atoms with Gasteiger partial charge in [0.25, 0.3) is 0 Å². The number of nitrogens with zero attached hydrogens (tertiary/aromatic N) is 2. The number of nitrogens with one attached hydrogen (secondary N) is 2. The van der Waals surface area contributed by atoms with Crippen molar-refractivity contribution in [2.75, 3.05) is 46.9 Å². The molecular formula is C18H33IN4O. The van der Waals surface area contributed by atoms with Crippen molar-refractivity contribution in [1.29, 1.82) is 0 Å². The summed E-state index contributed by atoms with van der Waals surface area (Å²) in [5.74, 6) is 1.76. The highest BCUT2D eigenvalue weighted by Crippen LogP contribution is 2.11. The first-order valence-corrected chi connectivity index (χ1v) is 8.53. The van der Waals surface area contributed by atoms with Crippen LogP contribution >= 0.6 is 24.0 Å². The van der Waals surface area contributed by atoms with Crippen LogP contribution in [0.15, 0.2) is 29.3 Å². The minimum atomic E-state index is 0. The Kier molecular flexibility index (Phi) is 13.7. The second-order valence-electron chi connectivity index (χ2n) is 5.46. The van der Waals surface area contributed by atoms with E-state index in [2.05, 4.69) is 46.5 Å². The summed E-state index contributed by atoms with van der Waals surface area (Å²) in [5, 5.41) is 6.73. The van der Waals surface area contributed by atoms with Gasteiger partial charge in [0.05, 0.1) is 7.11 Å². The number of halogens is 1. The van der Waals surface area contributed by atoms with Crippen LogP contribution in [-0.4, -0.2) is 57.7 Å². The van der Waals surface area contributed by atoms with Gasteiger partial charge in [-0.1, -0.05) is 26.0 Å². The van der Waals surface area contributed by atoms with Crippen molar-refractivity contribution in [3.05, 3.63) is 29.8 Å². The van der Waals surface area contributed by atoms with Gasteiger partial charge in [-0.05, 0) is 43.6 Å². The zero-order chi connectivity index (χ0) is 16.9. The average Bonchev–Trinajstić information content (AvgIpc) is 2.60. The zero-order valence-electron chi connectivity index (χ0n) is 15.5. The summed E-state index contributed by atoms with van der Waals surface area (Å²) in [6.45, 7) is 9.49. The average molecular weight is 448 g/mol. The normalized spacial score (nSPS) is 11.1. The first-order valence-electron chi connectivity index (χ1n) is 8.53. The Morgan fingerprint density at radius 1 is 1.08 bits per heavy atom. The van der Waals surface area contributed by atoms with E-state index in [1.54, 1.807) is 7.11 Å². The van der Waals surface area contributed by atoms with E-state index < -0.39 is 0 Å². The number of guanidine groups is 1. The number of hydrogen-bond acceptors (Lipinski definition) is 3. The minimum Gasteiger partial charge on any atom is -0.497 e. The minimum absolute atomic E-state index is 0. The Bertz CT molecular complexity index is 451. The quantitative estimate of drug-likeness (QED) is 0.329. The standard InChI is InChI=1S/C18H32N4O.HI/c1-5-14-22(6-2)15-13-21-18(19-3)20-12-11-16-7-9-17(23-4)10-8-16;/h7-10H,5-6,11-15H2,1-4H3,(H2,19,20,21);1H. The topological polar surface area (TPSA) is 48.9 Å². The van der Waals surface area contributed by atoms with E-state index in [1.807, 2.05) is 19.2 Å². The molecule has 6 heteroatoms. The van der Waals surface area contributed by atoms with Crippen LogP contribution in [0.5, 0.6) is 5.75 Å². The van der Waals surface area contributed by atoms with Crippen LogP contribution in [0.3, 0.4) is 0 Å². The number of methoxy groups -OCH3 is 1. The van der Waals surface area contributed by atoms with Crippen molar-refractivity contribution in [1.82, 2.24) is 15.5 Å². The first-order chi connectivity index (χ1) is 11.2. The predicted octanol–water partition coefficient (Wildman–Crippen LogP) is 2.75. The largest absolute Gasteiger partial charge is 0.497 e. The molecule has 24 heavy (non-hydrogen) atoms. The predicted molar refractivity (Wildman–Crippen MR) is 114 cm³/mol. The zero-order valence-corrected chi connectivity index (χ0v) is 17.8. The summed E-state index contributed by atoms with van der Waals surface area (Å²) in [5.41, 5.74) is 1.29. The van der Waals surface area contributed by atoms with Crippen molar-refractivity contribution >= 4 is 29.9 Å². The van der Waals surface area contributed by atoms with Crippen molar-refractivity contribution < 1.29 is 4.74 Å². The lowest BCUT2D eigenvalue weighted by Crippen LogP contribution is -2.42. The molecule has 0 atom stereocenters. The van der Waals surface area contributed by atoms with Crippen LogP contribution in [0.2, 0.25) is 0 Å². The molecule has 0 aliphatic rings. The number of ether oxygens (including phenoxy) is 1. The molecule has 138 valence electrons. The van der Waals surface area contributed by atoms with E-state index in [-0.39, 0.29) is 24.0 Å². The van der Waals surface area contributed by atoms with Gasteiger partial charge in [0.1, 0.15) is 5.75 Å². The molecular weight excluding hydrogens is 415 g/mol. The number of benzene rings is 1. The van der Waals surface area contributed by atoms with Crippen LogP contribution in [0, 0.1) is 0 Å². The maximum atomic E-state index is 5.17. The second-order valence-corrected chi connectivity index (χ2v) is 5.46. The van der Waals surface area contributed by atoms with Gasteiger partial charge >= 0.3 is 0 Å². The van der Waals surface area contributed by atoms with Crippen molar-refractivity contribution in [3.8, 4) is 5.75 Å². The van der Waals surface area contributed by atoms with Crippen LogP contribution in [-0.2, 0) is 6.42 Å². The molecule has 0 heterocycles. The maximum absolute atomic E-state index is 5.17. The van der Waals surface area contributed by atoms with Gasteiger partial charge in [-0.2, -0.15) is 0 Å². The van der Waals surface area contributed by atoms with E-state index >= 15 is 0 Å². The number of rotatable bonds is 10. The van der Waals surface area contributed by atoms with Crippen LogP contribution in [0.1, 0.15) is 25.8 Å². The van der Waals surface area contributed by atoms with Crippen LogP contribution in [0.4, 0.5) is 0 Å². The molecule has 0 saturated carbocycles. The SMILES string of the molecule is CCCN(CC)CCNC(=NC)NCCc1ccc(OC)cc1.I. The highest BCUT2D eigenvalue weighted by Gasteiger charge is 2.02. The maximum Gasteiger partial charge on any atom is 0.191 e. The number of hydrogen-bond donors (Lipinski definition) is 2. The lowest BCUT2D eigenvalue weighted by Gasteiger charge is -2.20. The van der Waals surface area contributed by atoms with Crippen LogP contribution < -0.4 is 15.4 Å². The van der Waals surface area contributed by atoms with Gasteiger partial charge in [-0.3, -0.25) is 4.99 Å². The van der Waals surface area contributed by atoms with Crippen molar-refractivity contribution in [2.24, 2.45) is 4.99 Å². The third kappa shape index (κ3) is 9.32. The highest BCUT2D eigenvalue weighted by molar-refractivity contribution is 14.0. The Morgan fingerprint density at radius 2 is 1.75 bits per heavy atom. The van der Waals surface area contributed by atoms with E-state index in [0.29, 0.717) is 0 Å². The molecule has 0 saturated heterocycles. The first kappa shape index (κ1) is 23.0. The molecule has 1 aromatic rings. The van der Waals surface area contributed by atoms with Crippen molar-refractivity contribution in [2.45, 2.75) is 26.7 Å². The molecule has 2 N–H and O–H groups in total. The molecule has 0 unspecified atom stereocenters. The smallest absolute Gasteiger partial charge is 0.191 e. The Morgan fingerprint density at radius 3 is 2.29 bits per heavy atom. The van der Waals surface area contributed by atoms with E-state index in [4.69, 9.17) is 4.74 Å². The summed E-state index contributed by atoms with van der Waals surface area (Å²) in [6.07, 6.45) is 2.16. The summed E-state index contributed by atoms with van der Waals surface area (Å²) in [7, 11) is 3.50. The molecule has 0 aromatic heterocycles. The molecule has 1 rings (SSSR count). The van der Waals surface area contributed by atoms with Gasteiger partial charge in [-0.25, -0.2) is 0 Å². The fourth-order valence-corrected chi connectivity index (χ4v) is 2.41. The molecule has 0 aliphatic heterocycles. The molecule has 0 bridgehead atoms. The van der Waals surface area contributed by atoms with Gasteiger partial charge in [0.2, 0.25) is 0 Å². The number of aliphatic imine (C=N–C) groups is 1. The summed E-state index contributed by atoms with van der Waals surface area (Å²) in [4.78, 5) is 6.71. The summed E-state index contributed by atoms with van der Waals surface area (Å²) in [6, 6.07) is 8.19. The lowest BCUT2D eigenvalue weighted by molar-refractivity contribution is 0.293. The van der Waals surface area contributed by atoms with Gasteiger partial charge in [-0.15, -0.1) is 24.0 Å². The van der Waals surface area contributed by atoms with Crippen LogP contribution in [0.25, 0.3) is 0 Å². The Hall–Kier alpha value is -1.02. The van der Waals surface area contributed by atoms with E-state index in [9.17, 15) is 0 Å². The lowest BCUT2D eigenvalue weighted by atomic mass is 10.1. The fourth-order valence-electron chi connectivity index (χ4n) is 2.41. The molecule has 0 fully saturated rings. The monoisotopic (exact) mass is 448 g/mol. The Labute approximate surface area is 164 Å².